The normalized spacial score (nSPS) is 19.2. The zero-order valence-electron chi connectivity index (χ0n) is 15.1. The maximum atomic E-state index is 12.2. The maximum Gasteiger partial charge on any atom is 0.267 e. The van der Waals surface area contributed by atoms with Gasteiger partial charge in [0.2, 0.25) is 5.60 Å². The van der Waals surface area contributed by atoms with Gasteiger partial charge in [0.05, 0.1) is 5.69 Å². The second-order valence-corrected chi connectivity index (χ2v) is 6.77. The van der Waals surface area contributed by atoms with Gasteiger partial charge in [0.15, 0.2) is 5.76 Å². The van der Waals surface area contributed by atoms with Crippen LogP contribution in [0.4, 0.5) is 0 Å². The molecule has 3 heterocycles. The van der Waals surface area contributed by atoms with Crippen molar-refractivity contribution in [2.75, 3.05) is 13.6 Å². The Morgan fingerprint density at radius 3 is 2.57 bits per heavy atom. The number of pyridine rings is 1. The van der Waals surface area contributed by atoms with Crippen LogP contribution in [0.2, 0.25) is 0 Å². The van der Waals surface area contributed by atoms with E-state index in [-0.39, 0.29) is 17.9 Å². The van der Waals surface area contributed by atoms with E-state index in [2.05, 4.69) is 10.1 Å². The summed E-state index contributed by atoms with van der Waals surface area (Å²) in [5.74, 6) is -0.883. The maximum absolute atomic E-state index is 12.2. The first kappa shape index (κ1) is 17.9. The molecule has 0 unspecified atom stereocenters. The van der Waals surface area contributed by atoms with Crippen molar-refractivity contribution in [3.05, 3.63) is 60.0 Å². The molecule has 0 aliphatic carbocycles. The van der Waals surface area contributed by atoms with Crippen LogP contribution in [0.15, 0.2) is 53.1 Å². The molecule has 0 bridgehead atoms. The van der Waals surface area contributed by atoms with Crippen molar-refractivity contribution in [2.24, 2.45) is 5.73 Å². The smallest absolute Gasteiger partial charge is 0.267 e. The molecule has 0 spiro atoms. The molecule has 0 radical (unpaired) electrons. The largest absolute Gasteiger partial charge is 0.373 e. The molecule has 142 valence electrons. The predicted octanol–water partition coefficient (Wildman–Crippen LogP) is 1.55. The molecule has 3 N–H and O–H groups in total. The molecule has 3 aromatic rings. The van der Waals surface area contributed by atoms with Crippen LogP contribution >= 0.6 is 0 Å². The summed E-state index contributed by atoms with van der Waals surface area (Å²) in [6, 6.07) is 13.9. The van der Waals surface area contributed by atoms with Gasteiger partial charge in [-0.3, -0.25) is 9.59 Å². The molecular formula is C20H18N4O4. The van der Waals surface area contributed by atoms with E-state index in [1.54, 1.807) is 31.3 Å². The Morgan fingerprint density at radius 1 is 1.18 bits per heavy atom. The molecule has 1 aliphatic rings. The number of rotatable bonds is 4. The molecule has 1 fully saturated rings. The number of primary amides is 1. The van der Waals surface area contributed by atoms with Crippen molar-refractivity contribution >= 4 is 11.8 Å². The molecule has 2 amide bonds. The van der Waals surface area contributed by atoms with Gasteiger partial charge in [-0.15, -0.1) is 0 Å². The SMILES string of the molecule is CN1CC[C@](O)(c2cc(-c3cccc(-c4cccc(C(N)=O)n4)c3)no2)C1=O. The Kier molecular flexibility index (Phi) is 4.20. The number of amides is 2. The molecule has 4 rings (SSSR count). The minimum Gasteiger partial charge on any atom is -0.373 e. The van der Waals surface area contributed by atoms with E-state index in [1.807, 2.05) is 24.3 Å². The summed E-state index contributed by atoms with van der Waals surface area (Å²) in [7, 11) is 1.63. The van der Waals surface area contributed by atoms with Crippen LogP contribution in [-0.4, -0.2) is 45.6 Å². The Hall–Kier alpha value is -3.52. The van der Waals surface area contributed by atoms with Crippen molar-refractivity contribution in [1.29, 1.82) is 0 Å². The molecular weight excluding hydrogens is 360 g/mol. The molecule has 2 aromatic heterocycles. The summed E-state index contributed by atoms with van der Waals surface area (Å²) in [5, 5.41) is 14.7. The van der Waals surface area contributed by atoms with Crippen LogP contribution in [0.3, 0.4) is 0 Å². The lowest BCUT2D eigenvalue weighted by Crippen LogP contribution is -2.35. The highest BCUT2D eigenvalue weighted by Crippen LogP contribution is 2.35. The molecule has 1 atom stereocenters. The van der Waals surface area contributed by atoms with Crippen molar-refractivity contribution < 1.29 is 19.2 Å². The van der Waals surface area contributed by atoms with Crippen LogP contribution in [-0.2, 0) is 10.4 Å². The number of likely N-dealkylation sites (N-methyl/N-ethyl adjacent to an activating group) is 1. The number of aromatic nitrogens is 2. The van der Waals surface area contributed by atoms with Crippen molar-refractivity contribution in [3.8, 4) is 22.5 Å². The molecule has 28 heavy (non-hydrogen) atoms. The Labute approximate surface area is 160 Å². The van der Waals surface area contributed by atoms with E-state index in [0.717, 1.165) is 11.1 Å². The number of hydrogen-bond acceptors (Lipinski definition) is 6. The van der Waals surface area contributed by atoms with Gasteiger partial charge in [-0.25, -0.2) is 4.98 Å². The third-order valence-corrected chi connectivity index (χ3v) is 4.88. The Bertz CT molecular complexity index is 1080. The zero-order valence-corrected chi connectivity index (χ0v) is 15.1. The highest BCUT2D eigenvalue weighted by molar-refractivity contribution is 5.91. The third-order valence-electron chi connectivity index (χ3n) is 4.88. The monoisotopic (exact) mass is 378 g/mol. The van der Waals surface area contributed by atoms with Crippen LogP contribution in [0.1, 0.15) is 22.7 Å². The number of hydrogen-bond donors (Lipinski definition) is 2. The Morgan fingerprint density at radius 2 is 1.89 bits per heavy atom. The van der Waals surface area contributed by atoms with Crippen molar-refractivity contribution in [3.63, 3.8) is 0 Å². The highest BCUT2D eigenvalue weighted by atomic mass is 16.5. The minimum absolute atomic E-state index is 0.121. The Balaban J connectivity index is 1.68. The summed E-state index contributed by atoms with van der Waals surface area (Å²) in [6.07, 6.45) is 0.251. The van der Waals surface area contributed by atoms with Gasteiger partial charge in [-0.05, 0) is 18.2 Å². The second kappa shape index (κ2) is 6.58. The first-order chi connectivity index (χ1) is 13.4. The predicted molar refractivity (Wildman–Crippen MR) is 99.8 cm³/mol. The number of benzene rings is 1. The molecule has 1 saturated heterocycles. The average Bonchev–Trinajstić information content (AvgIpc) is 3.31. The molecule has 8 nitrogen and oxygen atoms in total. The summed E-state index contributed by atoms with van der Waals surface area (Å²) < 4.78 is 5.30. The quantitative estimate of drug-likeness (QED) is 0.710. The molecule has 0 saturated carbocycles. The number of nitrogens with two attached hydrogens (primary N) is 1. The number of carbonyl (C=O) groups excluding carboxylic acids is 2. The minimum atomic E-state index is -1.69. The van der Waals surface area contributed by atoms with Gasteiger partial charge in [0.25, 0.3) is 11.8 Å². The average molecular weight is 378 g/mol. The molecule has 1 aliphatic heterocycles. The molecule has 1 aromatic carbocycles. The lowest BCUT2D eigenvalue weighted by atomic mass is 9.97. The van der Waals surface area contributed by atoms with Crippen LogP contribution in [0.25, 0.3) is 22.5 Å². The van der Waals surface area contributed by atoms with E-state index < -0.39 is 17.4 Å². The van der Waals surface area contributed by atoms with Gasteiger partial charge < -0.3 is 20.3 Å². The van der Waals surface area contributed by atoms with E-state index in [4.69, 9.17) is 10.3 Å². The first-order valence-corrected chi connectivity index (χ1v) is 8.71. The summed E-state index contributed by atoms with van der Waals surface area (Å²) in [5.41, 5.74) is 6.36. The van der Waals surface area contributed by atoms with Crippen molar-refractivity contribution in [1.82, 2.24) is 15.0 Å². The molecule has 8 heteroatoms. The number of carbonyl (C=O) groups is 2. The van der Waals surface area contributed by atoms with E-state index >= 15 is 0 Å². The van der Waals surface area contributed by atoms with Crippen LogP contribution in [0, 0.1) is 0 Å². The fourth-order valence-corrected chi connectivity index (χ4v) is 3.26. The van der Waals surface area contributed by atoms with Gasteiger partial charge in [-0.2, -0.15) is 0 Å². The lowest BCUT2D eigenvalue weighted by molar-refractivity contribution is -0.144. The second-order valence-electron chi connectivity index (χ2n) is 6.77. The lowest BCUT2D eigenvalue weighted by Gasteiger charge is -2.16. The van der Waals surface area contributed by atoms with Gasteiger partial charge in [0.1, 0.15) is 11.4 Å². The van der Waals surface area contributed by atoms with Crippen LogP contribution in [0.5, 0.6) is 0 Å². The van der Waals surface area contributed by atoms with Gasteiger partial charge in [-0.1, -0.05) is 29.4 Å². The number of nitrogens with zero attached hydrogens (tertiary/aromatic N) is 3. The first-order valence-electron chi connectivity index (χ1n) is 8.71. The van der Waals surface area contributed by atoms with E-state index in [9.17, 15) is 14.7 Å². The zero-order chi connectivity index (χ0) is 19.9. The summed E-state index contributed by atoms with van der Waals surface area (Å²) >= 11 is 0. The fraction of sp³-hybridized carbons (Fsp3) is 0.200. The highest BCUT2D eigenvalue weighted by Gasteiger charge is 2.48. The van der Waals surface area contributed by atoms with Crippen LogP contribution < -0.4 is 5.73 Å². The number of likely N-dealkylation sites (tertiary alicyclic amines) is 1. The topological polar surface area (TPSA) is 123 Å². The van der Waals surface area contributed by atoms with Gasteiger partial charge >= 0.3 is 0 Å². The van der Waals surface area contributed by atoms with E-state index in [1.165, 1.54) is 4.90 Å². The number of aliphatic hydroxyl groups is 1. The van der Waals surface area contributed by atoms with Crippen molar-refractivity contribution in [2.45, 2.75) is 12.0 Å². The van der Waals surface area contributed by atoms with Gasteiger partial charge in [0, 0.05) is 37.2 Å². The van der Waals surface area contributed by atoms with E-state index in [0.29, 0.717) is 17.9 Å². The third kappa shape index (κ3) is 2.93. The summed E-state index contributed by atoms with van der Waals surface area (Å²) in [6.45, 7) is 0.447. The fourth-order valence-electron chi connectivity index (χ4n) is 3.26. The summed E-state index contributed by atoms with van der Waals surface area (Å²) in [4.78, 5) is 29.3. The standard InChI is InChI=1S/C20H18N4O4/c1-24-9-8-20(27,19(24)26)17-11-16(23-28-17)13-5-2-4-12(10-13)14-6-3-7-15(22-14)18(21)25/h2-7,10-11,27H,8-9H2,1H3,(H2,21,25)/t20-/m0/s1.